The molecule has 5 heteroatoms. The third-order valence-corrected chi connectivity index (χ3v) is 3.41. The number of hydrogen-bond donors (Lipinski definition) is 0. The maximum Gasteiger partial charge on any atom is 0.256 e. The number of thiazole rings is 1. The highest BCUT2D eigenvalue weighted by Crippen LogP contribution is 2.16. The molecule has 0 aliphatic carbocycles. The first-order valence-corrected chi connectivity index (χ1v) is 6.31. The number of rotatable bonds is 3. The van der Waals surface area contributed by atoms with E-state index in [0.29, 0.717) is 6.54 Å². The molecule has 0 aliphatic heterocycles. The number of benzene rings is 1. The summed E-state index contributed by atoms with van der Waals surface area (Å²) in [6, 6.07) is 6.00. The average molecular weight is 264 g/mol. The third-order valence-electron chi connectivity index (χ3n) is 2.51. The standard InChI is InChI=1S/C13H13FN2OS/c1-9-15-7-10(18-9)8-16(2)13(17)11-5-3-4-6-12(11)14/h3-7H,8H2,1-2H3. The third kappa shape index (κ3) is 2.73. The monoisotopic (exact) mass is 264 g/mol. The fraction of sp³-hybridized carbons (Fsp3) is 0.231. The first kappa shape index (κ1) is 12.7. The number of aryl methyl sites for hydroxylation is 1. The highest BCUT2D eigenvalue weighted by atomic mass is 32.1. The summed E-state index contributed by atoms with van der Waals surface area (Å²) in [5, 5.41) is 0.955. The van der Waals surface area contributed by atoms with Gasteiger partial charge in [0.15, 0.2) is 0 Å². The van der Waals surface area contributed by atoms with Crippen molar-refractivity contribution in [3.63, 3.8) is 0 Å². The SMILES string of the molecule is Cc1ncc(CN(C)C(=O)c2ccccc2F)s1. The van der Waals surface area contributed by atoms with Gasteiger partial charge in [0, 0.05) is 18.1 Å². The van der Waals surface area contributed by atoms with Crippen molar-refractivity contribution in [1.29, 1.82) is 0 Å². The number of carbonyl (C=O) groups is 1. The molecule has 0 aliphatic rings. The maximum absolute atomic E-state index is 13.5. The molecule has 3 nitrogen and oxygen atoms in total. The number of hydrogen-bond acceptors (Lipinski definition) is 3. The fourth-order valence-corrected chi connectivity index (χ4v) is 2.47. The molecule has 1 heterocycles. The average Bonchev–Trinajstić information content (AvgIpc) is 2.74. The van der Waals surface area contributed by atoms with Crippen molar-refractivity contribution in [3.05, 3.63) is 51.7 Å². The summed E-state index contributed by atoms with van der Waals surface area (Å²) >= 11 is 1.53. The van der Waals surface area contributed by atoms with E-state index in [-0.39, 0.29) is 11.5 Å². The van der Waals surface area contributed by atoms with Crippen LogP contribution in [-0.4, -0.2) is 22.8 Å². The van der Waals surface area contributed by atoms with Crippen LogP contribution in [0.1, 0.15) is 20.2 Å². The first-order valence-electron chi connectivity index (χ1n) is 5.49. The number of carbonyl (C=O) groups excluding carboxylic acids is 1. The minimum absolute atomic E-state index is 0.0984. The Kier molecular flexibility index (Phi) is 3.72. The minimum Gasteiger partial charge on any atom is -0.336 e. The summed E-state index contributed by atoms with van der Waals surface area (Å²) in [7, 11) is 1.66. The molecular formula is C13H13FN2OS. The Bertz CT molecular complexity index is 568. The molecule has 0 radical (unpaired) electrons. The lowest BCUT2D eigenvalue weighted by atomic mass is 10.2. The smallest absolute Gasteiger partial charge is 0.256 e. The zero-order valence-corrected chi connectivity index (χ0v) is 11.0. The maximum atomic E-state index is 13.5. The van der Waals surface area contributed by atoms with Crippen molar-refractivity contribution in [2.45, 2.75) is 13.5 Å². The van der Waals surface area contributed by atoms with E-state index < -0.39 is 5.82 Å². The number of amides is 1. The molecule has 1 aromatic heterocycles. The highest BCUT2D eigenvalue weighted by molar-refractivity contribution is 7.11. The van der Waals surface area contributed by atoms with Crippen molar-refractivity contribution >= 4 is 17.2 Å². The van der Waals surface area contributed by atoms with Crippen LogP contribution >= 0.6 is 11.3 Å². The van der Waals surface area contributed by atoms with Crippen LogP contribution in [0.3, 0.4) is 0 Å². The van der Waals surface area contributed by atoms with E-state index in [1.165, 1.54) is 28.4 Å². The molecule has 0 fully saturated rings. The number of aromatic nitrogens is 1. The van der Waals surface area contributed by atoms with Gasteiger partial charge in [-0.05, 0) is 19.1 Å². The summed E-state index contributed by atoms with van der Waals surface area (Å²) in [5.41, 5.74) is 0.0984. The van der Waals surface area contributed by atoms with Crippen molar-refractivity contribution in [1.82, 2.24) is 9.88 Å². The molecule has 2 aromatic rings. The Morgan fingerprint density at radius 3 is 2.78 bits per heavy atom. The van der Waals surface area contributed by atoms with Gasteiger partial charge in [0.1, 0.15) is 5.82 Å². The zero-order chi connectivity index (χ0) is 13.1. The van der Waals surface area contributed by atoms with Crippen molar-refractivity contribution in [3.8, 4) is 0 Å². The van der Waals surface area contributed by atoms with Crippen LogP contribution in [0.5, 0.6) is 0 Å². The lowest BCUT2D eigenvalue weighted by Gasteiger charge is -2.16. The molecule has 2 rings (SSSR count). The fourth-order valence-electron chi connectivity index (χ4n) is 1.62. The predicted molar refractivity (Wildman–Crippen MR) is 69.0 cm³/mol. The van der Waals surface area contributed by atoms with Gasteiger partial charge in [-0.25, -0.2) is 9.37 Å². The molecular weight excluding hydrogens is 251 g/mol. The van der Waals surface area contributed by atoms with Crippen LogP contribution in [0.4, 0.5) is 4.39 Å². The Hall–Kier alpha value is -1.75. The Morgan fingerprint density at radius 1 is 1.44 bits per heavy atom. The molecule has 0 saturated heterocycles. The molecule has 94 valence electrons. The summed E-state index contributed by atoms with van der Waals surface area (Å²) in [6.07, 6.45) is 1.74. The van der Waals surface area contributed by atoms with Crippen LogP contribution in [0.15, 0.2) is 30.5 Å². The quantitative estimate of drug-likeness (QED) is 0.854. The van der Waals surface area contributed by atoms with E-state index in [1.54, 1.807) is 25.4 Å². The first-order chi connectivity index (χ1) is 8.58. The minimum atomic E-state index is -0.491. The molecule has 1 aromatic carbocycles. The van der Waals surface area contributed by atoms with Gasteiger partial charge >= 0.3 is 0 Å². The lowest BCUT2D eigenvalue weighted by molar-refractivity contribution is 0.0782. The summed E-state index contributed by atoms with van der Waals surface area (Å²) in [5.74, 6) is -0.811. The molecule has 18 heavy (non-hydrogen) atoms. The van der Waals surface area contributed by atoms with Gasteiger partial charge in [0.25, 0.3) is 5.91 Å². The van der Waals surface area contributed by atoms with Gasteiger partial charge in [0.2, 0.25) is 0 Å². The predicted octanol–water partition coefficient (Wildman–Crippen LogP) is 2.86. The summed E-state index contributed by atoms with van der Waals surface area (Å²) < 4.78 is 13.5. The van der Waals surface area contributed by atoms with Gasteiger partial charge in [-0.1, -0.05) is 12.1 Å². The van der Waals surface area contributed by atoms with Gasteiger partial charge in [-0.2, -0.15) is 0 Å². The van der Waals surface area contributed by atoms with E-state index in [0.717, 1.165) is 9.88 Å². The van der Waals surface area contributed by atoms with Gasteiger partial charge < -0.3 is 4.90 Å². The lowest BCUT2D eigenvalue weighted by Crippen LogP contribution is -2.26. The van der Waals surface area contributed by atoms with Gasteiger partial charge in [-0.15, -0.1) is 11.3 Å². The molecule has 1 amide bonds. The summed E-state index contributed by atoms with van der Waals surface area (Å²) in [6.45, 7) is 2.35. The van der Waals surface area contributed by atoms with Crippen molar-refractivity contribution in [2.24, 2.45) is 0 Å². The second-order valence-electron chi connectivity index (χ2n) is 3.99. The van der Waals surface area contributed by atoms with Crippen molar-refractivity contribution < 1.29 is 9.18 Å². The van der Waals surface area contributed by atoms with Crippen LogP contribution in [0, 0.1) is 12.7 Å². The molecule has 0 spiro atoms. The normalized spacial score (nSPS) is 10.4. The van der Waals surface area contributed by atoms with Crippen molar-refractivity contribution in [2.75, 3.05) is 7.05 Å². The molecule has 0 unspecified atom stereocenters. The molecule has 0 N–H and O–H groups in total. The van der Waals surface area contributed by atoms with Gasteiger partial charge in [0.05, 0.1) is 17.1 Å². The molecule has 0 bridgehead atoms. The van der Waals surface area contributed by atoms with E-state index in [4.69, 9.17) is 0 Å². The van der Waals surface area contributed by atoms with Crippen LogP contribution in [0.25, 0.3) is 0 Å². The Morgan fingerprint density at radius 2 is 2.17 bits per heavy atom. The zero-order valence-electron chi connectivity index (χ0n) is 10.2. The second-order valence-corrected chi connectivity index (χ2v) is 5.31. The largest absolute Gasteiger partial charge is 0.336 e. The van der Waals surface area contributed by atoms with Crippen LogP contribution in [0.2, 0.25) is 0 Å². The van der Waals surface area contributed by atoms with E-state index in [1.807, 2.05) is 6.92 Å². The Balaban J connectivity index is 2.12. The summed E-state index contributed by atoms with van der Waals surface area (Å²) in [4.78, 5) is 18.6. The van der Waals surface area contributed by atoms with E-state index in [2.05, 4.69) is 4.98 Å². The van der Waals surface area contributed by atoms with Crippen LogP contribution < -0.4 is 0 Å². The topological polar surface area (TPSA) is 33.2 Å². The van der Waals surface area contributed by atoms with Gasteiger partial charge in [-0.3, -0.25) is 4.79 Å². The van der Waals surface area contributed by atoms with Crippen LogP contribution in [-0.2, 0) is 6.54 Å². The highest BCUT2D eigenvalue weighted by Gasteiger charge is 2.16. The molecule has 0 atom stereocenters. The Labute approximate surface area is 109 Å². The van der Waals surface area contributed by atoms with E-state index in [9.17, 15) is 9.18 Å². The van der Waals surface area contributed by atoms with E-state index >= 15 is 0 Å². The molecule has 0 saturated carbocycles. The number of halogens is 1. The number of nitrogens with zero attached hydrogens (tertiary/aromatic N) is 2. The second kappa shape index (κ2) is 5.27.